The first-order chi connectivity index (χ1) is 7.11. The third kappa shape index (κ3) is 4.78. The Hall–Kier alpha value is -0.370. The van der Waals surface area contributed by atoms with Crippen LogP contribution in [-0.4, -0.2) is 46.3 Å². The minimum atomic E-state index is -2.43. The van der Waals surface area contributed by atoms with E-state index >= 15 is 0 Å². The maximum Gasteiger partial charge on any atom is 0.251 e. The third-order valence-electron chi connectivity index (χ3n) is 1.61. The quantitative estimate of drug-likeness (QED) is 0.833. The predicted octanol–water partition coefficient (Wildman–Crippen LogP) is 1.25. The fourth-order valence-electron chi connectivity index (χ4n) is 1.06. The maximum atomic E-state index is 12.1. The van der Waals surface area contributed by atoms with E-state index in [9.17, 15) is 8.78 Å². The van der Waals surface area contributed by atoms with Crippen molar-refractivity contribution < 1.29 is 13.9 Å². The summed E-state index contributed by atoms with van der Waals surface area (Å²) in [5.74, 6) is 0. The Bertz CT molecular complexity index is 300. The summed E-state index contributed by atoms with van der Waals surface area (Å²) in [5.41, 5.74) is 0. The molecule has 8 heteroatoms. The molecule has 0 bridgehead atoms. The van der Waals surface area contributed by atoms with Gasteiger partial charge in [0.2, 0.25) is 4.47 Å². The minimum absolute atomic E-state index is 0.167. The zero-order valence-corrected chi connectivity index (χ0v) is 9.31. The Morgan fingerprint density at radius 2 is 2.20 bits per heavy atom. The first-order valence-corrected chi connectivity index (χ1v) is 5.40. The van der Waals surface area contributed by atoms with E-state index in [1.165, 1.54) is 4.90 Å². The Labute approximate surface area is 94.5 Å². The molecule has 1 N–H and O–H groups in total. The molecule has 1 rings (SSSR count). The number of halogens is 3. The lowest BCUT2D eigenvalue weighted by Crippen LogP contribution is -2.31. The molecular weight excluding hydrogens is 248 g/mol. The molecule has 0 aliphatic carbocycles. The molecule has 1 aromatic heterocycles. The molecule has 0 spiro atoms. The van der Waals surface area contributed by atoms with Crippen molar-refractivity contribution in [2.45, 2.75) is 13.0 Å². The van der Waals surface area contributed by atoms with Crippen molar-refractivity contribution in [3.8, 4) is 0 Å². The van der Waals surface area contributed by atoms with Gasteiger partial charge in [0, 0.05) is 6.54 Å². The number of hydrogen-bond acceptors (Lipinski definition) is 5. The SMILES string of the molecule is OCCN(Cc1nnc(Cl)s1)CC(F)F. The van der Waals surface area contributed by atoms with Crippen molar-refractivity contribution in [2.24, 2.45) is 0 Å². The highest BCUT2D eigenvalue weighted by Gasteiger charge is 2.14. The smallest absolute Gasteiger partial charge is 0.251 e. The minimum Gasteiger partial charge on any atom is -0.395 e. The Kier molecular flexibility index (Phi) is 5.30. The van der Waals surface area contributed by atoms with Crippen LogP contribution in [0.4, 0.5) is 8.78 Å². The number of aliphatic hydroxyl groups excluding tert-OH is 1. The van der Waals surface area contributed by atoms with Crippen LogP contribution in [0.2, 0.25) is 4.47 Å². The maximum absolute atomic E-state index is 12.1. The topological polar surface area (TPSA) is 49.2 Å². The molecule has 0 aromatic carbocycles. The van der Waals surface area contributed by atoms with E-state index in [1.807, 2.05) is 0 Å². The summed E-state index contributed by atoms with van der Waals surface area (Å²) in [4.78, 5) is 1.40. The molecule has 1 heterocycles. The first-order valence-electron chi connectivity index (χ1n) is 4.21. The van der Waals surface area contributed by atoms with Crippen LogP contribution in [0.15, 0.2) is 0 Å². The van der Waals surface area contributed by atoms with Gasteiger partial charge in [-0.05, 0) is 11.6 Å². The summed E-state index contributed by atoms with van der Waals surface area (Å²) in [7, 11) is 0. The molecule has 0 fully saturated rings. The lowest BCUT2D eigenvalue weighted by Gasteiger charge is -2.18. The van der Waals surface area contributed by atoms with Gasteiger partial charge in [-0.25, -0.2) is 8.78 Å². The second kappa shape index (κ2) is 6.26. The van der Waals surface area contributed by atoms with Crippen LogP contribution in [0.25, 0.3) is 0 Å². The van der Waals surface area contributed by atoms with E-state index < -0.39 is 13.0 Å². The first kappa shape index (κ1) is 12.7. The molecule has 1 aromatic rings. The van der Waals surface area contributed by atoms with Crippen LogP contribution in [0, 0.1) is 0 Å². The van der Waals surface area contributed by atoms with E-state index in [0.717, 1.165) is 11.3 Å². The molecule has 15 heavy (non-hydrogen) atoms. The van der Waals surface area contributed by atoms with Gasteiger partial charge < -0.3 is 5.11 Å². The normalized spacial score (nSPS) is 11.6. The van der Waals surface area contributed by atoms with Crippen LogP contribution in [0.3, 0.4) is 0 Å². The highest BCUT2D eigenvalue weighted by molar-refractivity contribution is 7.15. The molecule has 0 saturated carbocycles. The molecule has 0 saturated heterocycles. The average molecular weight is 258 g/mol. The molecule has 0 aliphatic heterocycles. The standard InChI is InChI=1S/C7H10ClF2N3OS/c8-7-12-11-6(15-7)4-13(1-2-14)3-5(9)10/h5,14H,1-4H2. The van der Waals surface area contributed by atoms with Crippen molar-refractivity contribution in [2.75, 3.05) is 19.7 Å². The summed E-state index contributed by atoms with van der Waals surface area (Å²) in [6, 6.07) is 0. The number of aromatic nitrogens is 2. The van der Waals surface area contributed by atoms with Gasteiger partial charge in [-0.2, -0.15) is 0 Å². The monoisotopic (exact) mass is 257 g/mol. The molecule has 0 amide bonds. The molecule has 0 unspecified atom stereocenters. The van der Waals surface area contributed by atoms with E-state index in [0.29, 0.717) is 5.01 Å². The van der Waals surface area contributed by atoms with Crippen LogP contribution in [0.1, 0.15) is 5.01 Å². The van der Waals surface area contributed by atoms with Crippen LogP contribution >= 0.6 is 22.9 Å². The molecule has 4 nitrogen and oxygen atoms in total. The van der Waals surface area contributed by atoms with Gasteiger partial charge in [0.1, 0.15) is 5.01 Å². The second-order valence-corrected chi connectivity index (χ2v) is 4.44. The van der Waals surface area contributed by atoms with E-state index in [1.54, 1.807) is 0 Å². The van der Waals surface area contributed by atoms with Crippen molar-refractivity contribution in [3.63, 3.8) is 0 Å². The fraction of sp³-hybridized carbons (Fsp3) is 0.714. The number of nitrogens with zero attached hydrogens (tertiary/aromatic N) is 3. The summed E-state index contributed by atoms with van der Waals surface area (Å²) in [6.45, 7) is -0.145. The summed E-state index contributed by atoms with van der Waals surface area (Å²) >= 11 is 6.70. The zero-order chi connectivity index (χ0) is 11.3. The average Bonchev–Trinajstić information content (AvgIpc) is 2.50. The summed E-state index contributed by atoms with van der Waals surface area (Å²) < 4.78 is 24.6. The zero-order valence-electron chi connectivity index (χ0n) is 7.74. The van der Waals surface area contributed by atoms with Gasteiger partial charge in [0.05, 0.1) is 19.7 Å². The lowest BCUT2D eigenvalue weighted by atomic mass is 10.4. The highest BCUT2D eigenvalue weighted by Crippen LogP contribution is 2.16. The van der Waals surface area contributed by atoms with Gasteiger partial charge >= 0.3 is 0 Å². The van der Waals surface area contributed by atoms with Gasteiger partial charge in [-0.3, -0.25) is 4.90 Å². The largest absolute Gasteiger partial charge is 0.395 e. The predicted molar refractivity (Wildman–Crippen MR) is 53.3 cm³/mol. The fourth-order valence-corrected chi connectivity index (χ4v) is 1.97. The summed E-state index contributed by atoms with van der Waals surface area (Å²) in [6.07, 6.45) is -2.43. The Morgan fingerprint density at radius 3 is 2.67 bits per heavy atom. The molecule has 0 aliphatic rings. The molecule has 0 atom stereocenters. The van der Waals surface area contributed by atoms with Gasteiger partial charge in [-0.15, -0.1) is 10.2 Å². The third-order valence-corrected chi connectivity index (χ3v) is 2.62. The second-order valence-electron chi connectivity index (χ2n) is 2.80. The van der Waals surface area contributed by atoms with Gasteiger partial charge in [0.25, 0.3) is 6.43 Å². The van der Waals surface area contributed by atoms with Crippen molar-refractivity contribution in [3.05, 3.63) is 9.47 Å². The number of rotatable bonds is 6. The Balaban J connectivity index is 2.50. The number of alkyl halides is 2. The van der Waals surface area contributed by atoms with E-state index in [-0.39, 0.29) is 24.2 Å². The van der Waals surface area contributed by atoms with E-state index in [2.05, 4.69) is 10.2 Å². The van der Waals surface area contributed by atoms with Crippen molar-refractivity contribution in [1.82, 2.24) is 15.1 Å². The van der Waals surface area contributed by atoms with E-state index in [4.69, 9.17) is 16.7 Å². The Morgan fingerprint density at radius 1 is 1.47 bits per heavy atom. The lowest BCUT2D eigenvalue weighted by molar-refractivity contribution is 0.0745. The van der Waals surface area contributed by atoms with Crippen molar-refractivity contribution >= 4 is 22.9 Å². The van der Waals surface area contributed by atoms with Gasteiger partial charge in [-0.1, -0.05) is 11.3 Å². The van der Waals surface area contributed by atoms with Gasteiger partial charge in [0.15, 0.2) is 0 Å². The van der Waals surface area contributed by atoms with Crippen LogP contribution in [0.5, 0.6) is 0 Å². The number of hydrogen-bond donors (Lipinski definition) is 1. The number of aliphatic hydroxyl groups is 1. The molecule has 0 radical (unpaired) electrons. The highest BCUT2D eigenvalue weighted by atomic mass is 35.5. The molecular formula is C7H10ClF2N3OS. The van der Waals surface area contributed by atoms with Crippen LogP contribution in [-0.2, 0) is 6.54 Å². The molecule has 86 valence electrons. The summed E-state index contributed by atoms with van der Waals surface area (Å²) in [5, 5.41) is 16.5. The van der Waals surface area contributed by atoms with Crippen LogP contribution < -0.4 is 0 Å². The van der Waals surface area contributed by atoms with Crippen molar-refractivity contribution in [1.29, 1.82) is 0 Å².